The Morgan fingerprint density at radius 2 is 2.11 bits per heavy atom. The van der Waals surface area contributed by atoms with Gasteiger partial charge in [0.15, 0.2) is 0 Å². The fourth-order valence-electron chi connectivity index (χ4n) is 2.95. The fraction of sp³-hybridized carbons (Fsp3) is 0.364. The molecule has 0 aliphatic heterocycles. The summed E-state index contributed by atoms with van der Waals surface area (Å²) >= 11 is 3.56. The maximum Gasteiger partial charge on any atom is 0.310 e. The molecule has 148 valence electrons. The van der Waals surface area contributed by atoms with Crippen molar-refractivity contribution in [3.63, 3.8) is 0 Å². The van der Waals surface area contributed by atoms with E-state index in [0.717, 1.165) is 39.3 Å². The number of hydrogen-bond donors (Lipinski definition) is 2. The van der Waals surface area contributed by atoms with Crippen LogP contribution < -0.4 is 10.1 Å². The number of benzene rings is 2. The van der Waals surface area contributed by atoms with Crippen LogP contribution in [0.4, 0.5) is 5.69 Å². The molecule has 2 N–H and O–H groups in total. The van der Waals surface area contributed by atoms with Gasteiger partial charge in [-0.15, -0.1) is 0 Å². The molecule has 1 fully saturated rings. The topological polar surface area (TPSA) is 71.4 Å². The highest BCUT2D eigenvalue weighted by atomic mass is 79.9. The van der Waals surface area contributed by atoms with E-state index in [4.69, 9.17) is 14.9 Å². The molecule has 5 nitrogen and oxygen atoms in total. The van der Waals surface area contributed by atoms with Crippen LogP contribution in [0.15, 0.2) is 40.9 Å². The maximum absolute atomic E-state index is 11.8. The van der Waals surface area contributed by atoms with Crippen LogP contribution in [0.3, 0.4) is 0 Å². The summed E-state index contributed by atoms with van der Waals surface area (Å²) in [7, 11) is 0. The quantitative estimate of drug-likeness (QED) is 0.401. The van der Waals surface area contributed by atoms with E-state index in [1.54, 1.807) is 6.92 Å². The van der Waals surface area contributed by atoms with Crippen molar-refractivity contribution in [2.45, 2.75) is 32.8 Å². The van der Waals surface area contributed by atoms with Crippen LogP contribution >= 0.6 is 15.9 Å². The first-order chi connectivity index (χ1) is 13.6. The molecule has 0 heterocycles. The van der Waals surface area contributed by atoms with Crippen LogP contribution in [0.2, 0.25) is 0 Å². The third-order valence-electron chi connectivity index (χ3n) is 4.62. The van der Waals surface area contributed by atoms with Crippen LogP contribution in [-0.2, 0) is 22.6 Å². The van der Waals surface area contributed by atoms with Gasteiger partial charge in [-0.1, -0.05) is 34.1 Å². The summed E-state index contributed by atoms with van der Waals surface area (Å²) in [5.74, 6) is 1.16. The molecule has 0 unspecified atom stereocenters. The van der Waals surface area contributed by atoms with Crippen molar-refractivity contribution in [2.24, 2.45) is 5.92 Å². The van der Waals surface area contributed by atoms with E-state index in [2.05, 4.69) is 21.2 Å². The van der Waals surface area contributed by atoms with E-state index in [1.807, 2.05) is 36.4 Å². The highest BCUT2D eigenvalue weighted by Gasteiger charge is 2.21. The van der Waals surface area contributed by atoms with Gasteiger partial charge in [0, 0.05) is 34.0 Å². The summed E-state index contributed by atoms with van der Waals surface area (Å²) in [6.07, 6.45) is 4.09. The summed E-state index contributed by atoms with van der Waals surface area (Å²) in [4.78, 5) is 11.8. The second-order valence-corrected chi connectivity index (χ2v) is 7.74. The molecular weight excluding hydrogens is 420 g/mol. The Kier molecular flexibility index (Phi) is 7.09. The Hall–Kier alpha value is -2.34. The van der Waals surface area contributed by atoms with Gasteiger partial charge in [-0.05, 0) is 49.4 Å². The lowest BCUT2D eigenvalue weighted by Gasteiger charge is -2.15. The molecule has 0 radical (unpaired) electrons. The first-order valence-electron chi connectivity index (χ1n) is 9.53. The van der Waals surface area contributed by atoms with Gasteiger partial charge in [0.1, 0.15) is 12.4 Å². The van der Waals surface area contributed by atoms with Gasteiger partial charge in [-0.2, -0.15) is 0 Å². The van der Waals surface area contributed by atoms with Crippen LogP contribution in [0.25, 0.3) is 0 Å². The minimum absolute atomic E-state index is 0.189. The molecule has 6 heteroatoms. The molecule has 3 rings (SSSR count). The van der Waals surface area contributed by atoms with Crippen LogP contribution in [0.5, 0.6) is 5.75 Å². The molecule has 1 saturated carbocycles. The average molecular weight is 445 g/mol. The first kappa shape index (κ1) is 20.4. The summed E-state index contributed by atoms with van der Waals surface area (Å²) < 4.78 is 11.9. The number of rotatable bonds is 10. The second kappa shape index (κ2) is 9.73. The highest BCUT2D eigenvalue weighted by molar-refractivity contribution is 9.10. The minimum Gasteiger partial charge on any atom is -0.489 e. The van der Waals surface area contributed by atoms with Gasteiger partial charge >= 0.3 is 5.97 Å². The number of carbonyl (C=O) groups excluding carboxylic acids is 1. The van der Waals surface area contributed by atoms with Crippen LogP contribution in [0, 0.1) is 11.3 Å². The number of carbonyl (C=O) groups is 1. The first-order valence-corrected chi connectivity index (χ1v) is 10.3. The number of esters is 1. The van der Waals surface area contributed by atoms with E-state index < -0.39 is 0 Å². The molecule has 1 aliphatic carbocycles. The number of hydrogen-bond acceptors (Lipinski definition) is 5. The number of anilines is 1. The molecule has 0 amide bonds. The molecule has 0 bridgehead atoms. The highest BCUT2D eigenvalue weighted by Crippen LogP contribution is 2.31. The molecular formula is C22H25BrN2O3. The van der Waals surface area contributed by atoms with Crippen molar-refractivity contribution >= 4 is 33.8 Å². The summed E-state index contributed by atoms with van der Waals surface area (Å²) in [5.41, 5.74) is 3.58. The van der Waals surface area contributed by atoms with Crippen molar-refractivity contribution in [3.05, 3.63) is 57.6 Å². The van der Waals surface area contributed by atoms with Crippen LogP contribution in [-0.4, -0.2) is 25.3 Å². The standard InChI is InChI=1S/C22H25BrN2O3/c1-2-27-22(26)11-17-5-3-4-6-21(17)28-14-16-9-19(23)18(12-24)20(10-16)25-13-15-7-8-15/h3-6,9-10,12,15,24-25H,2,7-8,11,13-14H2,1H3. The second-order valence-electron chi connectivity index (χ2n) is 6.89. The fourth-order valence-corrected chi connectivity index (χ4v) is 3.57. The third-order valence-corrected chi connectivity index (χ3v) is 5.27. The van der Waals surface area contributed by atoms with Gasteiger partial charge < -0.3 is 20.2 Å². The minimum atomic E-state index is -0.261. The molecule has 2 aromatic rings. The molecule has 0 aromatic heterocycles. The van der Waals surface area contributed by atoms with E-state index >= 15 is 0 Å². The molecule has 0 saturated heterocycles. The van der Waals surface area contributed by atoms with Crippen molar-refractivity contribution in [2.75, 3.05) is 18.5 Å². The van der Waals surface area contributed by atoms with E-state index in [9.17, 15) is 4.79 Å². The average Bonchev–Trinajstić information content (AvgIpc) is 3.50. The zero-order valence-electron chi connectivity index (χ0n) is 16.0. The Labute approximate surface area is 174 Å². The van der Waals surface area contributed by atoms with Gasteiger partial charge in [0.2, 0.25) is 0 Å². The van der Waals surface area contributed by atoms with Gasteiger partial charge in [-0.25, -0.2) is 0 Å². The molecule has 0 atom stereocenters. The predicted octanol–water partition coefficient (Wildman–Crippen LogP) is 4.95. The predicted molar refractivity (Wildman–Crippen MR) is 114 cm³/mol. The molecule has 28 heavy (non-hydrogen) atoms. The zero-order chi connectivity index (χ0) is 19.9. The number of nitrogens with one attached hydrogen (secondary N) is 2. The number of halogens is 1. The number of para-hydroxylation sites is 1. The Morgan fingerprint density at radius 3 is 2.82 bits per heavy atom. The van der Waals surface area contributed by atoms with E-state index in [0.29, 0.717) is 19.0 Å². The van der Waals surface area contributed by atoms with E-state index in [1.165, 1.54) is 19.1 Å². The van der Waals surface area contributed by atoms with Crippen molar-refractivity contribution in [1.29, 1.82) is 5.41 Å². The smallest absolute Gasteiger partial charge is 0.310 e. The third kappa shape index (κ3) is 5.58. The van der Waals surface area contributed by atoms with Gasteiger partial charge in [-0.3, -0.25) is 4.79 Å². The maximum atomic E-state index is 11.8. The normalized spacial score (nSPS) is 13.1. The SMILES string of the molecule is CCOC(=O)Cc1ccccc1OCc1cc(Br)c(C=N)c(NCC2CC2)c1. The number of ether oxygens (including phenoxy) is 2. The lowest BCUT2D eigenvalue weighted by Crippen LogP contribution is -2.09. The van der Waals surface area contributed by atoms with Crippen molar-refractivity contribution in [1.82, 2.24) is 0 Å². The summed E-state index contributed by atoms with van der Waals surface area (Å²) in [6, 6.07) is 11.5. The molecule has 2 aromatic carbocycles. The Morgan fingerprint density at radius 1 is 1.32 bits per heavy atom. The molecule has 1 aliphatic rings. The molecule has 0 spiro atoms. The van der Waals surface area contributed by atoms with Crippen molar-refractivity contribution < 1.29 is 14.3 Å². The Bertz CT molecular complexity index is 850. The van der Waals surface area contributed by atoms with Crippen LogP contribution in [0.1, 0.15) is 36.5 Å². The van der Waals surface area contributed by atoms with E-state index in [-0.39, 0.29) is 12.4 Å². The van der Waals surface area contributed by atoms with Gasteiger partial charge in [0.25, 0.3) is 0 Å². The van der Waals surface area contributed by atoms with Gasteiger partial charge in [0.05, 0.1) is 13.0 Å². The Balaban J connectivity index is 1.71. The largest absolute Gasteiger partial charge is 0.489 e. The zero-order valence-corrected chi connectivity index (χ0v) is 17.6. The lowest BCUT2D eigenvalue weighted by molar-refractivity contribution is -0.142. The van der Waals surface area contributed by atoms with Crippen molar-refractivity contribution in [3.8, 4) is 5.75 Å². The lowest BCUT2D eigenvalue weighted by atomic mass is 10.1. The summed E-state index contributed by atoms with van der Waals surface area (Å²) in [5, 5.41) is 11.2. The monoisotopic (exact) mass is 444 g/mol. The summed E-state index contributed by atoms with van der Waals surface area (Å²) in [6.45, 7) is 3.46.